The highest BCUT2D eigenvalue weighted by Crippen LogP contribution is 2.28. The van der Waals surface area contributed by atoms with Crippen molar-refractivity contribution in [2.75, 3.05) is 6.54 Å². The molecule has 0 amide bonds. The number of aliphatic hydroxyl groups excluding tert-OH is 1. The topological polar surface area (TPSA) is 32.3 Å². The van der Waals surface area contributed by atoms with Gasteiger partial charge in [0, 0.05) is 12.6 Å². The summed E-state index contributed by atoms with van der Waals surface area (Å²) in [5.74, 6) is 1.40. The minimum atomic E-state index is -0.0417. The van der Waals surface area contributed by atoms with E-state index in [0.717, 1.165) is 24.9 Å². The maximum Gasteiger partial charge on any atom is 0.0580 e. The lowest BCUT2D eigenvalue weighted by atomic mass is 9.81. The Hall–Kier alpha value is -0.0800. The van der Waals surface area contributed by atoms with Crippen LogP contribution in [0.5, 0.6) is 0 Å². The first-order valence-electron chi connectivity index (χ1n) is 7.72. The minimum Gasteiger partial charge on any atom is -0.393 e. The van der Waals surface area contributed by atoms with Crippen LogP contribution in [0.15, 0.2) is 0 Å². The zero-order chi connectivity index (χ0) is 12.1. The smallest absolute Gasteiger partial charge is 0.0580 e. The summed E-state index contributed by atoms with van der Waals surface area (Å²) in [4.78, 5) is 0. The molecule has 4 unspecified atom stereocenters. The van der Waals surface area contributed by atoms with Crippen molar-refractivity contribution >= 4 is 0 Å². The monoisotopic (exact) mass is 239 g/mol. The van der Waals surface area contributed by atoms with Crippen LogP contribution in [-0.2, 0) is 0 Å². The molecule has 2 fully saturated rings. The highest BCUT2D eigenvalue weighted by Gasteiger charge is 2.27. The molecule has 2 N–H and O–H groups in total. The highest BCUT2D eigenvalue weighted by molar-refractivity contribution is 4.83. The van der Waals surface area contributed by atoms with Crippen molar-refractivity contribution in [3.63, 3.8) is 0 Å². The Morgan fingerprint density at radius 3 is 2.29 bits per heavy atom. The number of rotatable bonds is 4. The van der Waals surface area contributed by atoms with Crippen molar-refractivity contribution in [1.29, 1.82) is 0 Å². The van der Waals surface area contributed by atoms with Gasteiger partial charge in [-0.05, 0) is 37.5 Å². The average molecular weight is 239 g/mol. The lowest BCUT2D eigenvalue weighted by Gasteiger charge is -2.35. The van der Waals surface area contributed by atoms with Crippen molar-refractivity contribution in [1.82, 2.24) is 5.32 Å². The van der Waals surface area contributed by atoms with E-state index in [4.69, 9.17) is 0 Å². The van der Waals surface area contributed by atoms with E-state index in [1.54, 1.807) is 0 Å². The van der Waals surface area contributed by atoms with Gasteiger partial charge in [-0.1, -0.05) is 39.0 Å². The lowest BCUT2D eigenvalue weighted by molar-refractivity contribution is 0.0652. The van der Waals surface area contributed by atoms with E-state index in [1.165, 1.54) is 51.4 Å². The van der Waals surface area contributed by atoms with Gasteiger partial charge in [-0.15, -0.1) is 0 Å². The summed E-state index contributed by atoms with van der Waals surface area (Å²) in [5.41, 5.74) is 0. The Labute approximate surface area is 106 Å². The zero-order valence-electron chi connectivity index (χ0n) is 11.3. The first-order chi connectivity index (χ1) is 8.31. The fraction of sp³-hybridized carbons (Fsp3) is 1.00. The van der Waals surface area contributed by atoms with Crippen LogP contribution in [0, 0.1) is 11.8 Å². The van der Waals surface area contributed by atoms with Crippen LogP contribution in [-0.4, -0.2) is 23.8 Å². The van der Waals surface area contributed by atoms with Crippen molar-refractivity contribution < 1.29 is 5.11 Å². The highest BCUT2D eigenvalue weighted by atomic mass is 16.3. The molecular weight excluding hydrogens is 210 g/mol. The zero-order valence-corrected chi connectivity index (χ0v) is 11.3. The van der Waals surface area contributed by atoms with Crippen molar-refractivity contribution in [3.8, 4) is 0 Å². The SMILES string of the molecule is CCC1CCCCC1NCC1CCCCC1O. The van der Waals surface area contributed by atoms with E-state index in [2.05, 4.69) is 12.2 Å². The molecule has 100 valence electrons. The molecule has 2 aliphatic carbocycles. The molecule has 2 heteroatoms. The lowest BCUT2D eigenvalue weighted by Crippen LogP contribution is -2.43. The molecule has 0 spiro atoms. The first-order valence-corrected chi connectivity index (χ1v) is 7.72. The largest absolute Gasteiger partial charge is 0.393 e. The molecule has 17 heavy (non-hydrogen) atoms. The molecule has 0 aliphatic heterocycles. The number of hydrogen-bond donors (Lipinski definition) is 2. The Kier molecular flexibility index (Phi) is 5.30. The molecular formula is C15H29NO. The molecule has 0 bridgehead atoms. The first kappa shape index (κ1) is 13.4. The molecule has 4 atom stereocenters. The van der Waals surface area contributed by atoms with E-state index in [-0.39, 0.29) is 6.10 Å². The van der Waals surface area contributed by atoms with Crippen molar-refractivity contribution in [2.24, 2.45) is 11.8 Å². The van der Waals surface area contributed by atoms with Gasteiger partial charge in [0.25, 0.3) is 0 Å². The van der Waals surface area contributed by atoms with Crippen LogP contribution in [0.25, 0.3) is 0 Å². The van der Waals surface area contributed by atoms with Gasteiger partial charge in [0.2, 0.25) is 0 Å². The second-order valence-corrected chi connectivity index (χ2v) is 6.08. The molecule has 0 aromatic rings. The summed E-state index contributed by atoms with van der Waals surface area (Å²) in [5, 5.41) is 13.7. The molecule has 0 aromatic carbocycles. The summed E-state index contributed by atoms with van der Waals surface area (Å²) in [6, 6.07) is 0.725. The maximum atomic E-state index is 9.98. The molecule has 2 rings (SSSR count). The maximum absolute atomic E-state index is 9.98. The molecule has 2 nitrogen and oxygen atoms in total. The fourth-order valence-electron chi connectivity index (χ4n) is 3.69. The minimum absolute atomic E-state index is 0.0417. The van der Waals surface area contributed by atoms with E-state index in [9.17, 15) is 5.11 Å². The third-order valence-electron chi connectivity index (χ3n) is 4.94. The fourth-order valence-corrected chi connectivity index (χ4v) is 3.69. The predicted octanol–water partition coefficient (Wildman–Crippen LogP) is 3.10. The second-order valence-electron chi connectivity index (χ2n) is 6.08. The summed E-state index contributed by atoms with van der Waals surface area (Å²) in [6.07, 6.45) is 11.6. The van der Waals surface area contributed by atoms with Crippen LogP contribution < -0.4 is 5.32 Å². The van der Waals surface area contributed by atoms with Crippen LogP contribution in [0.1, 0.15) is 64.7 Å². The molecule has 0 aromatic heterocycles. The standard InChI is InChI=1S/C15H29NO/c1-2-12-7-3-5-9-14(12)16-11-13-8-4-6-10-15(13)17/h12-17H,2-11H2,1H3. The van der Waals surface area contributed by atoms with Crippen LogP contribution in [0.3, 0.4) is 0 Å². The van der Waals surface area contributed by atoms with Gasteiger partial charge < -0.3 is 10.4 Å². The van der Waals surface area contributed by atoms with Crippen LogP contribution in [0.4, 0.5) is 0 Å². The van der Waals surface area contributed by atoms with E-state index < -0.39 is 0 Å². The predicted molar refractivity (Wildman–Crippen MR) is 72.0 cm³/mol. The normalized spacial score (nSPS) is 39.2. The molecule has 2 saturated carbocycles. The molecule has 2 aliphatic rings. The van der Waals surface area contributed by atoms with Crippen molar-refractivity contribution in [3.05, 3.63) is 0 Å². The van der Waals surface area contributed by atoms with Gasteiger partial charge in [0.05, 0.1) is 6.10 Å². The second kappa shape index (κ2) is 6.75. The summed E-state index contributed by atoms with van der Waals surface area (Å²) in [7, 11) is 0. The molecule has 0 heterocycles. The van der Waals surface area contributed by atoms with Crippen molar-refractivity contribution in [2.45, 2.75) is 76.9 Å². The van der Waals surface area contributed by atoms with Gasteiger partial charge in [-0.2, -0.15) is 0 Å². The quantitative estimate of drug-likeness (QED) is 0.790. The summed E-state index contributed by atoms with van der Waals surface area (Å²) >= 11 is 0. The Morgan fingerprint density at radius 2 is 1.59 bits per heavy atom. The molecule has 0 radical (unpaired) electrons. The third kappa shape index (κ3) is 3.69. The van der Waals surface area contributed by atoms with Gasteiger partial charge in [-0.3, -0.25) is 0 Å². The number of hydrogen-bond acceptors (Lipinski definition) is 2. The number of aliphatic hydroxyl groups is 1. The average Bonchev–Trinajstić information content (AvgIpc) is 2.38. The Bertz CT molecular complexity index is 219. The Balaban J connectivity index is 1.75. The van der Waals surface area contributed by atoms with E-state index in [0.29, 0.717) is 5.92 Å². The Morgan fingerprint density at radius 1 is 0.941 bits per heavy atom. The van der Waals surface area contributed by atoms with E-state index in [1.807, 2.05) is 0 Å². The number of nitrogens with one attached hydrogen (secondary N) is 1. The summed E-state index contributed by atoms with van der Waals surface area (Å²) < 4.78 is 0. The molecule has 0 saturated heterocycles. The van der Waals surface area contributed by atoms with Gasteiger partial charge >= 0.3 is 0 Å². The third-order valence-corrected chi connectivity index (χ3v) is 4.94. The summed E-state index contributed by atoms with van der Waals surface area (Å²) in [6.45, 7) is 3.36. The van der Waals surface area contributed by atoms with Gasteiger partial charge in [0.15, 0.2) is 0 Å². The van der Waals surface area contributed by atoms with Gasteiger partial charge in [-0.25, -0.2) is 0 Å². The van der Waals surface area contributed by atoms with E-state index >= 15 is 0 Å². The van der Waals surface area contributed by atoms with Gasteiger partial charge in [0.1, 0.15) is 0 Å². The van der Waals surface area contributed by atoms with Crippen LogP contribution in [0.2, 0.25) is 0 Å². The van der Waals surface area contributed by atoms with Crippen LogP contribution >= 0.6 is 0 Å².